The molecular weight excluding hydrogens is 514 g/mol. The number of carbonyl (C=O) groups excluding carboxylic acids is 1. The number of nitrogens with zero attached hydrogens (tertiary/aromatic N) is 5. The Morgan fingerprint density at radius 3 is 2.45 bits per heavy atom. The first-order valence-corrected chi connectivity index (χ1v) is 14.7. The molecule has 1 aliphatic rings. The molecule has 3 aromatic rings. The van der Waals surface area contributed by atoms with Crippen LogP contribution < -0.4 is 4.90 Å². The van der Waals surface area contributed by atoms with Gasteiger partial charge in [-0.1, -0.05) is 65.8 Å². The number of rotatable bonds is 11. The molecule has 8 heteroatoms. The quantitative estimate of drug-likeness (QED) is 0.168. The first-order chi connectivity index (χ1) is 18.4. The lowest BCUT2D eigenvalue weighted by Gasteiger charge is -2.33. The van der Waals surface area contributed by atoms with Crippen LogP contribution in [-0.2, 0) is 12.2 Å². The van der Waals surface area contributed by atoms with Gasteiger partial charge < -0.3 is 14.7 Å². The number of hydrogen-bond acceptors (Lipinski definition) is 6. The molecule has 1 saturated heterocycles. The SMILES string of the molecule is CN(C)CCCN(C)C(=O)c1cccc(CSc2nc(Cl)cc(N3CCC(Cc4ccccc4)CC3)n2)c1. The molecule has 1 aliphatic heterocycles. The maximum atomic E-state index is 12.9. The van der Waals surface area contributed by atoms with Gasteiger partial charge in [-0.15, -0.1) is 0 Å². The number of piperidine rings is 1. The van der Waals surface area contributed by atoms with Crippen LogP contribution in [0.4, 0.5) is 5.82 Å². The van der Waals surface area contributed by atoms with E-state index in [0.29, 0.717) is 27.5 Å². The first kappa shape index (κ1) is 28.4. The van der Waals surface area contributed by atoms with E-state index in [4.69, 9.17) is 16.6 Å². The van der Waals surface area contributed by atoms with Crippen LogP contribution >= 0.6 is 23.4 Å². The molecule has 0 saturated carbocycles. The standard InChI is InChI=1S/C30H38ClN5OS/c1-34(2)15-8-16-35(3)29(37)26-12-7-11-25(20-26)22-38-30-32-27(31)21-28(33-30)36-17-13-24(14-18-36)19-23-9-5-4-6-10-23/h4-7,9-12,20-21,24H,8,13-19,22H2,1-3H3. The van der Waals surface area contributed by atoms with E-state index in [1.807, 2.05) is 51.5 Å². The van der Waals surface area contributed by atoms with Gasteiger partial charge >= 0.3 is 0 Å². The molecule has 1 aromatic heterocycles. The van der Waals surface area contributed by atoms with Gasteiger partial charge in [0.1, 0.15) is 11.0 Å². The van der Waals surface area contributed by atoms with Gasteiger partial charge in [0.05, 0.1) is 0 Å². The summed E-state index contributed by atoms with van der Waals surface area (Å²) in [5, 5.41) is 1.13. The molecule has 2 aromatic carbocycles. The maximum absolute atomic E-state index is 12.9. The highest BCUT2D eigenvalue weighted by Crippen LogP contribution is 2.29. The predicted molar refractivity (Wildman–Crippen MR) is 158 cm³/mol. The van der Waals surface area contributed by atoms with E-state index in [1.54, 1.807) is 16.7 Å². The van der Waals surface area contributed by atoms with Crippen molar-refractivity contribution in [3.05, 3.63) is 82.5 Å². The summed E-state index contributed by atoms with van der Waals surface area (Å²) >= 11 is 7.96. The van der Waals surface area contributed by atoms with Gasteiger partial charge in [-0.3, -0.25) is 4.79 Å². The molecule has 202 valence electrons. The topological polar surface area (TPSA) is 52.6 Å². The first-order valence-electron chi connectivity index (χ1n) is 13.3. The Bertz CT molecular complexity index is 1180. The third-order valence-electron chi connectivity index (χ3n) is 6.95. The second-order valence-electron chi connectivity index (χ2n) is 10.3. The fourth-order valence-electron chi connectivity index (χ4n) is 4.81. The molecule has 1 fully saturated rings. The van der Waals surface area contributed by atoms with Crippen LogP contribution in [0.3, 0.4) is 0 Å². The minimum Gasteiger partial charge on any atom is -0.356 e. The van der Waals surface area contributed by atoms with Crippen molar-refractivity contribution in [1.82, 2.24) is 19.8 Å². The summed E-state index contributed by atoms with van der Waals surface area (Å²) in [5.41, 5.74) is 3.19. The lowest BCUT2D eigenvalue weighted by molar-refractivity contribution is 0.0790. The molecule has 0 N–H and O–H groups in total. The lowest BCUT2D eigenvalue weighted by atomic mass is 9.90. The predicted octanol–water partition coefficient (Wildman–Crippen LogP) is 5.91. The van der Waals surface area contributed by atoms with E-state index in [-0.39, 0.29) is 5.91 Å². The number of hydrogen-bond donors (Lipinski definition) is 0. The summed E-state index contributed by atoms with van der Waals surface area (Å²) < 4.78 is 0. The Kier molecular flexibility index (Phi) is 10.4. The molecule has 0 atom stereocenters. The molecule has 0 radical (unpaired) electrons. The molecule has 4 rings (SSSR count). The minimum atomic E-state index is 0.0487. The van der Waals surface area contributed by atoms with E-state index in [0.717, 1.165) is 63.2 Å². The number of carbonyl (C=O) groups is 1. The van der Waals surface area contributed by atoms with Gasteiger partial charge in [-0.2, -0.15) is 0 Å². The lowest BCUT2D eigenvalue weighted by Crippen LogP contribution is -2.35. The number of anilines is 1. The molecule has 0 bridgehead atoms. The average molecular weight is 552 g/mol. The van der Waals surface area contributed by atoms with Crippen LogP contribution in [0.5, 0.6) is 0 Å². The number of thioether (sulfide) groups is 1. The van der Waals surface area contributed by atoms with Crippen LogP contribution in [0.15, 0.2) is 65.8 Å². The van der Waals surface area contributed by atoms with Crippen molar-refractivity contribution in [3.63, 3.8) is 0 Å². The van der Waals surface area contributed by atoms with E-state index in [9.17, 15) is 4.79 Å². The second kappa shape index (κ2) is 14.0. The summed E-state index contributed by atoms with van der Waals surface area (Å²) in [7, 11) is 5.96. The number of amides is 1. The van der Waals surface area contributed by atoms with Crippen LogP contribution in [0.2, 0.25) is 5.15 Å². The number of benzene rings is 2. The zero-order valence-electron chi connectivity index (χ0n) is 22.6. The summed E-state index contributed by atoms with van der Waals surface area (Å²) in [5.74, 6) is 2.31. The van der Waals surface area contributed by atoms with Gasteiger partial charge in [0.25, 0.3) is 5.91 Å². The highest BCUT2D eigenvalue weighted by Gasteiger charge is 2.21. The highest BCUT2D eigenvalue weighted by molar-refractivity contribution is 7.98. The van der Waals surface area contributed by atoms with Crippen LogP contribution in [-0.4, -0.2) is 73.0 Å². The number of aromatic nitrogens is 2. The summed E-state index contributed by atoms with van der Waals surface area (Å²) in [4.78, 5) is 28.4. The van der Waals surface area contributed by atoms with Gasteiger partial charge in [-0.05, 0) is 75.5 Å². The normalized spacial score (nSPS) is 14.2. The fourth-order valence-corrected chi connectivity index (χ4v) is 5.84. The van der Waals surface area contributed by atoms with Crippen LogP contribution in [0.1, 0.15) is 40.7 Å². The van der Waals surface area contributed by atoms with Crippen molar-refractivity contribution in [2.45, 2.75) is 36.6 Å². The van der Waals surface area contributed by atoms with Gasteiger partial charge in [0.15, 0.2) is 5.16 Å². The van der Waals surface area contributed by atoms with Gasteiger partial charge in [-0.25, -0.2) is 9.97 Å². The zero-order chi connectivity index (χ0) is 26.9. The minimum absolute atomic E-state index is 0.0487. The average Bonchev–Trinajstić information content (AvgIpc) is 2.92. The van der Waals surface area contributed by atoms with Gasteiger partial charge in [0.2, 0.25) is 0 Å². The van der Waals surface area contributed by atoms with Crippen LogP contribution in [0.25, 0.3) is 0 Å². The molecule has 38 heavy (non-hydrogen) atoms. The molecule has 2 heterocycles. The largest absolute Gasteiger partial charge is 0.356 e. The summed E-state index contributed by atoms with van der Waals surface area (Å²) in [6.07, 6.45) is 4.37. The monoisotopic (exact) mass is 551 g/mol. The molecule has 0 unspecified atom stereocenters. The summed E-state index contributed by atoms with van der Waals surface area (Å²) in [6.45, 7) is 3.64. The summed E-state index contributed by atoms with van der Waals surface area (Å²) in [6, 6.07) is 20.5. The second-order valence-corrected chi connectivity index (χ2v) is 11.7. The van der Waals surface area contributed by atoms with Crippen LogP contribution in [0, 0.1) is 5.92 Å². The third kappa shape index (κ3) is 8.45. The molecule has 6 nitrogen and oxygen atoms in total. The Hall–Kier alpha value is -2.61. The van der Waals surface area contributed by atoms with E-state index < -0.39 is 0 Å². The molecule has 0 aliphatic carbocycles. The van der Waals surface area contributed by atoms with Crippen molar-refractivity contribution < 1.29 is 4.79 Å². The zero-order valence-corrected chi connectivity index (χ0v) is 24.2. The molecular formula is C30H38ClN5OS. The van der Waals surface area contributed by atoms with Crippen molar-refractivity contribution in [1.29, 1.82) is 0 Å². The Labute approximate surface area is 236 Å². The van der Waals surface area contributed by atoms with E-state index in [1.165, 1.54) is 5.56 Å². The Morgan fingerprint density at radius 2 is 1.71 bits per heavy atom. The van der Waals surface area contributed by atoms with Crippen molar-refractivity contribution in [3.8, 4) is 0 Å². The van der Waals surface area contributed by atoms with E-state index in [2.05, 4.69) is 45.1 Å². The van der Waals surface area contributed by atoms with Gasteiger partial charge in [0, 0.05) is 44.1 Å². The molecule has 0 spiro atoms. The Morgan fingerprint density at radius 1 is 0.974 bits per heavy atom. The number of halogens is 1. The fraction of sp³-hybridized carbons (Fsp3) is 0.433. The third-order valence-corrected chi connectivity index (χ3v) is 8.07. The smallest absolute Gasteiger partial charge is 0.253 e. The maximum Gasteiger partial charge on any atom is 0.253 e. The highest BCUT2D eigenvalue weighted by atomic mass is 35.5. The van der Waals surface area contributed by atoms with E-state index >= 15 is 0 Å². The molecule has 1 amide bonds. The Balaban J connectivity index is 1.32. The van der Waals surface area contributed by atoms with Crippen molar-refractivity contribution in [2.24, 2.45) is 5.92 Å². The van der Waals surface area contributed by atoms with Crippen molar-refractivity contribution in [2.75, 3.05) is 52.2 Å². The van der Waals surface area contributed by atoms with Crippen molar-refractivity contribution >= 4 is 35.1 Å².